The average Bonchev–Trinajstić information content (AvgIpc) is 2.43. The minimum atomic E-state index is -0.921. The van der Waals surface area contributed by atoms with Crippen molar-refractivity contribution < 1.29 is 34.9 Å². The van der Waals surface area contributed by atoms with Gasteiger partial charge in [0.2, 0.25) is 0 Å². The minimum absolute atomic E-state index is 0. The van der Waals surface area contributed by atoms with E-state index in [2.05, 4.69) is 31.2 Å². The number of allylic oxidation sites excluding steroid dienone is 4. The van der Waals surface area contributed by atoms with Gasteiger partial charge in [-0.05, 0) is 44.9 Å². The summed E-state index contributed by atoms with van der Waals surface area (Å²) >= 11 is 0. The van der Waals surface area contributed by atoms with E-state index >= 15 is 0 Å². The smallest absolute Gasteiger partial charge is 0.870 e. The second kappa shape index (κ2) is 22.8. The average molecular weight is 362 g/mol. The maximum Gasteiger partial charge on any atom is 2.00 e. The molecule has 3 nitrogen and oxygen atoms in total. The molecule has 0 aliphatic rings. The number of hydrogen-bond acceptors (Lipinski definition) is 3. The number of aliphatic carboxylic acids is 1. The van der Waals surface area contributed by atoms with E-state index in [4.69, 9.17) is 0 Å². The third-order valence-corrected chi connectivity index (χ3v) is 3.33. The largest absolute Gasteiger partial charge is 2.00 e. The topological polar surface area (TPSA) is 70.1 Å². The fourth-order valence-electron chi connectivity index (χ4n) is 2.08. The Morgan fingerprint density at radius 1 is 0.818 bits per heavy atom. The number of rotatable bonds is 14. The van der Waals surface area contributed by atoms with E-state index in [9.17, 15) is 9.90 Å². The van der Waals surface area contributed by atoms with Crippen LogP contribution in [0.5, 0.6) is 0 Å². The zero-order chi connectivity index (χ0) is 14.9. The molecule has 0 saturated heterocycles. The van der Waals surface area contributed by atoms with Crippen LogP contribution in [-0.2, 0) is 24.3 Å². The van der Waals surface area contributed by atoms with Crippen molar-refractivity contribution in [3.63, 3.8) is 0 Å². The third kappa shape index (κ3) is 24.5. The Morgan fingerprint density at radius 3 is 1.86 bits per heavy atom. The van der Waals surface area contributed by atoms with Gasteiger partial charge in [0.25, 0.3) is 0 Å². The van der Waals surface area contributed by atoms with Gasteiger partial charge in [-0.1, -0.05) is 63.3 Å². The molecule has 0 atom stereocenters. The van der Waals surface area contributed by atoms with Crippen molar-refractivity contribution in [2.24, 2.45) is 0 Å². The minimum Gasteiger partial charge on any atom is -0.870 e. The van der Waals surface area contributed by atoms with E-state index in [-0.39, 0.29) is 31.4 Å². The first-order valence-electron chi connectivity index (χ1n) is 8.27. The molecule has 124 valence electrons. The first kappa shape index (κ1) is 26.4. The van der Waals surface area contributed by atoms with E-state index in [0.29, 0.717) is 0 Å². The van der Waals surface area contributed by atoms with Crippen LogP contribution in [0.25, 0.3) is 0 Å². The van der Waals surface area contributed by atoms with Gasteiger partial charge in [-0.15, -0.1) is 0 Å². The van der Waals surface area contributed by atoms with E-state index in [1.165, 1.54) is 38.5 Å². The van der Waals surface area contributed by atoms with Crippen LogP contribution in [-0.4, -0.2) is 11.4 Å². The molecule has 0 aliphatic carbocycles. The first-order chi connectivity index (χ1) is 9.77. The predicted octanol–water partition coefficient (Wildman–Crippen LogP) is 4.37. The summed E-state index contributed by atoms with van der Waals surface area (Å²) in [6, 6.07) is 0. The van der Waals surface area contributed by atoms with Crippen LogP contribution in [0.2, 0.25) is 0 Å². The fourth-order valence-corrected chi connectivity index (χ4v) is 2.08. The SMILES string of the molecule is CCCCC/C=C\C/C=C\CCCCCCCC(=O)[O-].[OH-].[Zn+2]. The standard InChI is InChI=1S/C18H32O2.H2O.Zn/c1-2-3-4-5-6-7-8-9-10-11-12-13-14-15-16-17-18(19)20;;/h6-7,9-10H,2-5,8,11-17H2,1H3,(H,19,20);1H2;/q;;+2/p-2/b7-6-,10-9-;;. The Balaban J connectivity index is -0.00000180. The van der Waals surface area contributed by atoms with Gasteiger partial charge in [-0.25, -0.2) is 0 Å². The summed E-state index contributed by atoms with van der Waals surface area (Å²) in [6.45, 7) is 2.23. The van der Waals surface area contributed by atoms with Crippen molar-refractivity contribution >= 4 is 5.97 Å². The molecule has 0 aromatic carbocycles. The van der Waals surface area contributed by atoms with Crippen LogP contribution in [0.4, 0.5) is 0 Å². The van der Waals surface area contributed by atoms with Crippen molar-refractivity contribution in [2.75, 3.05) is 0 Å². The number of carbonyl (C=O) groups excluding carboxylic acids is 1. The predicted molar refractivity (Wildman–Crippen MR) is 86.3 cm³/mol. The Bertz CT molecular complexity index is 276. The molecule has 0 amide bonds. The van der Waals surface area contributed by atoms with E-state index < -0.39 is 5.97 Å². The summed E-state index contributed by atoms with van der Waals surface area (Å²) in [7, 11) is 0. The molecule has 0 aliphatic heterocycles. The van der Waals surface area contributed by atoms with Crippen LogP contribution >= 0.6 is 0 Å². The maximum absolute atomic E-state index is 10.2. The zero-order valence-corrected chi connectivity index (χ0v) is 17.2. The van der Waals surface area contributed by atoms with Crippen molar-refractivity contribution in [3.05, 3.63) is 24.3 Å². The summed E-state index contributed by atoms with van der Waals surface area (Å²) in [6.07, 6.45) is 21.9. The summed E-state index contributed by atoms with van der Waals surface area (Å²) in [4.78, 5) is 10.2. The zero-order valence-electron chi connectivity index (χ0n) is 14.3. The van der Waals surface area contributed by atoms with Crippen molar-refractivity contribution in [1.29, 1.82) is 0 Å². The molecule has 4 heteroatoms. The van der Waals surface area contributed by atoms with E-state index in [1.54, 1.807) is 0 Å². The monoisotopic (exact) mass is 360 g/mol. The molecule has 0 rings (SSSR count). The van der Waals surface area contributed by atoms with Gasteiger partial charge in [-0.2, -0.15) is 0 Å². The van der Waals surface area contributed by atoms with Gasteiger partial charge in [0, 0.05) is 5.97 Å². The third-order valence-electron chi connectivity index (χ3n) is 3.33. The normalized spacial score (nSPS) is 10.6. The Morgan fingerprint density at radius 2 is 1.32 bits per heavy atom. The van der Waals surface area contributed by atoms with Gasteiger partial charge >= 0.3 is 19.5 Å². The fraction of sp³-hybridized carbons (Fsp3) is 0.722. The number of hydrogen-bond donors (Lipinski definition) is 0. The van der Waals surface area contributed by atoms with Crippen LogP contribution < -0.4 is 5.11 Å². The van der Waals surface area contributed by atoms with Gasteiger partial charge in [0.1, 0.15) is 0 Å². The molecule has 0 aromatic rings. The van der Waals surface area contributed by atoms with Gasteiger partial charge in [-0.3, -0.25) is 0 Å². The summed E-state index contributed by atoms with van der Waals surface area (Å²) in [5.41, 5.74) is 0. The second-order valence-corrected chi connectivity index (χ2v) is 5.35. The van der Waals surface area contributed by atoms with Crippen LogP contribution in [0.15, 0.2) is 24.3 Å². The van der Waals surface area contributed by atoms with Crippen molar-refractivity contribution in [3.8, 4) is 0 Å². The molecular weight excluding hydrogens is 330 g/mol. The Kier molecular flexibility index (Phi) is 27.4. The molecule has 0 radical (unpaired) electrons. The summed E-state index contributed by atoms with van der Waals surface area (Å²) in [5, 5.41) is 10.2. The molecular formula is C18H32O3Zn. The molecule has 0 saturated carbocycles. The Hall–Kier alpha value is -0.467. The molecule has 0 fully saturated rings. The Labute approximate surface area is 149 Å². The molecule has 0 aromatic heterocycles. The van der Waals surface area contributed by atoms with Gasteiger partial charge < -0.3 is 15.4 Å². The quantitative estimate of drug-likeness (QED) is 0.262. The van der Waals surface area contributed by atoms with Gasteiger partial charge in [0.15, 0.2) is 0 Å². The second-order valence-electron chi connectivity index (χ2n) is 5.35. The van der Waals surface area contributed by atoms with E-state index in [1.807, 2.05) is 0 Å². The van der Waals surface area contributed by atoms with Gasteiger partial charge in [0.05, 0.1) is 0 Å². The number of carboxylic acids is 1. The van der Waals surface area contributed by atoms with Crippen molar-refractivity contribution in [1.82, 2.24) is 0 Å². The molecule has 0 unspecified atom stereocenters. The molecule has 0 bridgehead atoms. The number of carboxylic acid groups (broad SMARTS) is 1. The van der Waals surface area contributed by atoms with Crippen LogP contribution in [0.3, 0.4) is 0 Å². The maximum atomic E-state index is 10.2. The van der Waals surface area contributed by atoms with Crippen molar-refractivity contribution in [2.45, 2.75) is 84.0 Å². The summed E-state index contributed by atoms with van der Waals surface area (Å²) < 4.78 is 0. The van der Waals surface area contributed by atoms with Crippen LogP contribution in [0, 0.1) is 0 Å². The number of unbranched alkanes of at least 4 members (excludes halogenated alkanes) is 8. The number of carbonyl (C=O) groups is 1. The molecule has 0 heterocycles. The van der Waals surface area contributed by atoms with Crippen LogP contribution in [0.1, 0.15) is 84.0 Å². The summed E-state index contributed by atoms with van der Waals surface area (Å²) in [5.74, 6) is -0.921. The molecule has 22 heavy (non-hydrogen) atoms. The molecule has 1 N–H and O–H groups in total. The first-order valence-corrected chi connectivity index (χ1v) is 8.27. The molecule has 0 spiro atoms. The van der Waals surface area contributed by atoms with E-state index in [0.717, 1.165) is 32.1 Å².